The smallest absolute Gasteiger partial charge is 0.326 e. The quantitative estimate of drug-likeness (QED) is 0.921. The zero-order valence-electron chi connectivity index (χ0n) is 14.9. The second-order valence-electron chi connectivity index (χ2n) is 6.74. The number of likely N-dealkylation sites (tertiary alicyclic amines) is 1. The van der Waals surface area contributed by atoms with Crippen LogP contribution in [0.5, 0.6) is 0 Å². The normalized spacial score (nSPS) is 19.2. The van der Waals surface area contributed by atoms with Crippen LogP contribution in [0.3, 0.4) is 0 Å². The van der Waals surface area contributed by atoms with Gasteiger partial charge in [-0.05, 0) is 45.6 Å². The van der Waals surface area contributed by atoms with Crippen molar-refractivity contribution in [3.8, 4) is 0 Å². The number of hydrogen-bond acceptors (Lipinski definition) is 4. The van der Waals surface area contributed by atoms with Crippen molar-refractivity contribution < 1.29 is 14.7 Å². The average molecular weight is 344 g/mol. The maximum atomic E-state index is 13.1. The Hall–Kier alpha value is -2.44. The lowest BCUT2D eigenvalue weighted by Gasteiger charge is -2.33. The number of pyridine rings is 1. The van der Waals surface area contributed by atoms with Gasteiger partial charge in [0.2, 0.25) is 0 Å². The van der Waals surface area contributed by atoms with E-state index >= 15 is 0 Å². The maximum absolute atomic E-state index is 13.1. The van der Waals surface area contributed by atoms with Gasteiger partial charge in [-0.1, -0.05) is 6.92 Å². The van der Waals surface area contributed by atoms with Gasteiger partial charge < -0.3 is 10.0 Å². The molecule has 1 N–H and O–H groups in total. The van der Waals surface area contributed by atoms with E-state index in [0.717, 1.165) is 25.0 Å². The minimum atomic E-state index is -0.939. The number of carboxylic acid groups (broad SMARTS) is 1. The SMILES string of the molecule is CCC(C)n1ncc2c(C(=O)N3CCCCC3C(=O)O)cc(C)nc21. The largest absolute Gasteiger partial charge is 0.480 e. The first-order valence-corrected chi connectivity index (χ1v) is 8.82. The molecule has 1 amide bonds. The standard InChI is InChI=1S/C18H24N4O3/c1-4-12(3)22-16-14(10-19-22)13(9-11(2)20-16)17(23)21-8-6-5-7-15(21)18(24)25/h9-10,12,15H,4-8H2,1-3H3,(H,24,25). The molecule has 3 heterocycles. The van der Waals surface area contributed by atoms with Gasteiger partial charge in [-0.3, -0.25) is 4.79 Å². The summed E-state index contributed by atoms with van der Waals surface area (Å²) in [4.78, 5) is 30.7. The molecular weight excluding hydrogens is 320 g/mol. The summed E-state index contributed by atoms with van der Waals surface area (Å²) in [7, 11) is 0. The summed E-state index contributed by atoms with van der Waals surface area (Å²) in [6, 6.07) is 1.16. The number of nitrogens with zero attached hydrogens (tertiary/aromatic N) is 4. The number of carboxylic acids is 1. The number of carbonyl (C=O) groups is 2. The highest BCUT2D eigenvalue weighted by Crippen LogP contribution is 2.26. The number of hydrogen-bond donors (Lipinski definition) is 1. The minimum Gasteiger partial charge on any atom is -0.480 e. The fourth-order valence-corrected chi connectivity index (χ4v) is 3.40. The summed E-state index contributed by atoms with van der Waals surface area (Å²) in [5.41, 5.74) is 1.90. The monoisotopic (exact) mass is 344 g/mol. The Balaban J connectivity index is 2.07. The van der Waals surface area contributed by atoms with Gasteiger partial charge in [0.25, 0.3) is 5.91 Å². The first kappa shape index (κ1) is 17.4. The highest BCUT2D eigenvalue weighted by molar-refractivity contribution is 6.06. The van der Waals surface area contributed by atoms with E-state index in [1.807, 2.05) is 11.6 Å². The van der Waals surface area contributed by atoms with Gasteiger partial charge in [0.1, 0.15) is 6.04 Å². The lowest BCUT2D eigenvalue weighted by Crippen LogP contribution is -2.48. The van der Waals surface area contributed by atoms with E-state index in [-0.39, 0.29) is 11.9 Å². The molecule has 2 aromatic heterocycles. The first-order valence-electron chi connectivity index (χ1n) is 8.82. The van der Waals surface area contributed by atoms with E-state index in [9.17, 15) is 14.7 Å². The molecule has 3 rings (SSSR count). The molecule has 134 valence electrons. The Kier molecular flexibility index (Phi) is 4.74. The average Bonchev–Trinajstić information content (AvgIpc) is 3.03. The lowest BCUT2D eigenvalue weighted by atomic mass is 10.00. The summed E-state index contributed by atoms with van der Waals surface area (Å²) in [6.45, 7) is 6.45. The van der Waals surface area contributed by atoms with Crippen molar-refractivity contribution in [2.75, 3.05) is 6.54 Å². The molecule has 1 saturated heterocycles. The Morgan fingerprint density at radius 2 is 2.16 bits per heavy atom. The van der Waals surface area contributed by atoms with E-state index in [1.165, 1.54) is 4.90 Å². The fraction of sp³-hybridized carbons (Fsp3) is 0.556. The van der Waals surface area contributed by atoms with Crippen molar-refractivity contribution in [3.63, 3.8) is 0 Å². The molecule has 0 aromatic carbocycles. The number of fused-ring (bicyclic) bond motifs is 1. The fourth-order valence-electron chi connectivity index (χ4n) is 3.40. The first-order chi connectivity index (χ1) is 11.9. The van der Waals surface area contributed by atoms with Crippen molar-refractivity contribution in [1.29, 1.82) is 0 Å². The molecular formula is C18H24N4O3. The summed E-state index contributed by atoms with van der Waals surface area (Å²) in [5, 5.41) is 14.6. The van der Waals surface area contributed by atoms with Crippen LogP contribution in [0.4, 0.5) is 0 Å². The Morgan fingerprint density at radius 1 is 1.40 bits per heavy atom. The van der Waals surface area contributed by atoms with Gasteiger partial charge >= 0.3 is 5.97 Å². The van der Waals surface area contributed by atoms with Crippen LogP contribution in [-0.2, 0) is 4.79 Å². The van der Waals surface area contributed by atoms with Crippen molar-refractivity contribution in [3.05, 3.63) is 23.5 Å². The van der Waals surface area contributed by atoms with Gasteiger partial charge in [-0.2, -0.15) is 5.10 Å². The molecule has 7 nitrogen and oxygen atoms in total. The molecule has 0 spiro atoms. The second-order valence-corrected chi connectivity index (χ2v) is 6.74. The summed E-state index contributed by atoms with van der Waals surface area (Å²) < 4.78 is 1.84. The molecule has 0 aliphatic carbocycles. The molecule has 7 heteroatoms. The van der Waals surface area contributed by atoms with Crippen LogP contribution >= 0.6 is 0 Å². The van der Waals surface area contributed by atoms with E-state index in [4.69, 9.17) is 0 Å². The molecule has 2 atom stereocenters. The highest BCUT2D eigenvalue weighted by atomic mass is 16.4. The third-order valence-corrected chi connectivity index (χ3v) is 4.98. The van der Waals surface area contributed by atoms with E-state index in [1.54, 1.807) is 12.3 Å². The van der Waals surface area contributed by atoms with Crippen molar-refractivity contribution in [2.45, 2.75) is 58.5 Å². The van der Waals surface area contributed by atoms with Crippen molar-refractivity contribution in [2.24, 2.45) is 0 Å². The summed E-state index contributed by atoms with van der Waals surface area (Å²) in [6.07, 6.45) is 4.73. The van der Waals surface area contributed by atoms with Crippen LogP contribution in [-0.4, -0.2) is 49.2 Å². The highest BCUT2D eigenvalue weighted by Gasteiger charge is 2.33. The van der Waals surface area contributed by atoms with Gasteiger partial charge in [0.05, 0.1) is 23.2 Å². The summed E-state index contributed by atoms with van der Waals surface area (Å²) >= 11 is 0. The van der Waals surface area contributed by atoms with Crippen molar-refractivity contribution >= 4 is 22.9 Å². The van der Waals surface area contributed by atoms with E-state index < -0.39 is 12.0 Å². The number of aliphatic carboxylic acids is 1. The predicted molar refractivity (Wildman–Crippen MR) is 93.6 cm³/mol. The predicted octanol–water partition coefficient (Wildman–Crippen LogP) is 2.79. The van der Waals surface area contributed by atoms with Gasteiger partial charge in [0, 0.05) is 12.2 Å². The molecule has 1 aliphatic heterocycles. The molecule has 0 bridgehead atoms. The van der Waals surface area contributed by atoms with Crippen LogP contribution in [0.25, 0.3) is 11.0 Å². The van der Waals surface area contributed by atoms with E-state index in [2.05, 4.69) is 23.9 Å². The molecule has 2 aromatic rings. The van der Waals surface area contributed by atoms with Crippen LogP contribution in [0, 0.1) is 6.92 Å². The second kappa shape index (κ2) is 6.82. The molecule has 2 unspecified atom stereocenters. The number of carbonyl (C=O) groups excluding carboxylic acids is 1. The zero-order valence-corrected chi connectivity index (χ0v) is 14.9. The Labute approximate surface area is 146 Å². The molecule has 25 heavy (non-hydrogen) atoms. The molecule has 1 fully saturated rings. The van der Waals surface area contributed by atoms with Gasteiger partial charge in [-0.25, -0.2) is 14.5 Å². The number of aryl methyl sites for hydroxylation is 1. The van der Waals surface area contributed by atoms with E-state index in [0.29, 0.717) is 29.6 Å². The minimum absolute atomic E-state index is 0.177. The third-order valence-electron chi connectivity index (χ3n) is 4.98. The molecule has 0 radical (unpaired) electrons. The Morgan fingerprint density at radius 3 is 2.84 bits per heavy atom. The number of piperidine rings is 1. The molecule has 0 saturated carbocycles. The molecule has 1 aliphatic rings. The topological polar surface area (TPSA) is 88.3 Å². The van der Waals surface area contributed by atoms with Crippen LogP contribution in [0.1, 0.15) is 61.6 Å². The van der Waals surface area contributed by atoms with Crippen molar-refractivity contribution in [1.82, 2.24) is 19.7 Å². The third kappa shape index (κ3) is 3.10. The van der Waals surface area contributed by atoms with Gasteiger partial charge in [-0.15, -0.1) is 0 Å². The summed E-state index contributed by atoms with van der Waals surface area (Å²) in [5.74, 6) is -1.18. The number of amides is 1. The van der Waals surface area contributed by atoms with Crippen LogP contribution in [0.2, 0.25) is 0 Å². The Bertz CT molecular complexity index is 814. The maximum Gasteiger partial charge on any atom is 0.326 e. The number of rotatable bonds is 4. The van der Waals surface area contributed by atoms with Gasteiger partial charge in [0.15, 0.2) is 5.65 Å². The lowest BCUT2D eigenvalue weighted by molar-refractivity contribution is -0.143. The van der Waals surface area contributed by atoms with Crippen LogP contribution in [0.15, 0.2) is 12.3 Å². The number of aromatic nitrogens is 3. The zero-order chi connectivity index (χ0) is 18.1. The van der Waals surface area contributed by atoms with Crippen LogP contribution < -0.4 is 0 Å².